The molecule has 3 aromatic carbocycles. The summed E-state index contributed by atoms with van der Waals surface area (Å²) in [5.74, 6) is 1.24. The van der Waals surface area contributed by atoms with Gasteiger partial charge in [-0.15, -0.1) is 0 Å². The number of anilines is 1. The summed E-state index contributed by atoms with van der Waals surface area (Å²) in [7, 11) is 4.55. The first kappa shape index (κ1) is 22.5. The van der Waals surface area contributed by atoms with Crippen molar-refractivity contribution in [2.24, 2.45) is 0 Å². The molecule has 3 aromatic rings. The van der Waals surface area contributed by atoms with Crippen LogP contribution >= 0.6 is 0 Å². The van der Waals surface area contributed by atoms with Crippen LogP contribution in [0.4, 0.5) is 18.9 Å². The van der Waals surface area contributed by atoms with E-state index in [1.54, 1.807) is 43.5 Å². The lowest BCUT2D eigenvalue weighted by Crippen LogP contribution is -2.41. The third-order valence-corrected chi connectivity index (χ3v) is 5.69. The third kappa shape index (κ3) is 4.20. The average Bonchev–Trinajstić information content (AvgIpc) is 2.82. The van der Waals surface area contributed by atoms with Gasteiger partial charge in [0.05, 0.1) is 39.4 Å². The van der Waals surface area contributed by atoms with E-state index in [0.29, 0.717) is 17.2 Å². The number of benzene rings is 3. The van der Waals surface area contributed by atoms with Gasteiger partial charge in [-0.25, -0.2) is 0 Å². The summed E-state index contributed by atoms with van der Waals surface area (Å²) < 4.78 is 56.3. The monoisotopic (exact) mass is 457 g/mol. The number of carbonyl (C=O) groups excluding carboxylic acids is 1. The zero-order valence-corrected chi connectivity index (χ0v) is 18.3. The number of fused-ring (bicyclic) bond motifs is 1. The first-order valence-corrected chi connectivity index (χ1v) is 10.1. The van der Waals surface area contributed by atoms with E-state index in [0.717, 1.165) is 28.8 Å². The van der Waals surface area contributed by atoms with Crippen LogP contribution in [-0.2, 0) is 17.4 Å². The number of methoxy groups -OCH3 is 3. The van der Waals surface area contributed by atoms with Gasteiger partial charge in [-0.3, -0.25) is 4.79 Å². The Morgan fingerprint density at radius 1 is 0.879 bits per heavy atom. The maximum absolute atomic E-state index is 13.4. The van der Waals surface area contributed by atoms with Gasteiger partial charge >= 0.3 is 6.18 Å². The number of carbonyl (C=O) groups is 1. The Hall–Kier alpha value is -3.68. The molecule has 172 valence electrons. The van der Waals surface area contributed by atoms with Crippen LogP contribution < -0.4 is 19.1 Å². The van der Waals surface area contributed by atoms with Gasteiger partial charge in [-0.05, 0) is 59.2 Å². The van der Waals surface area contributed by atoms with Crippen LogP contribution in [0.15, 0.2) is 60.7 Å². The molecule has 0 spiro atoms. The Morgan fingerprint density at radius 2 is 1.55 bits per heavy atom. The van der Waals surface area contributed by atoms with Crippen LogP contribution in [0.2, 0.25) is 0 Å². The molecule has 1 heterocycles. The quantitative estimate of drug-likeness (QED) is 0.514. The minimum absolute atomic E-state index is 0.0125. The lowest BCUT2D eigenvalue weighted by atomic mass is 9.86. The van der Waals surface area contributed by atoms with E-state index in [-0.39, 0.29) is 18.0 Å². The standard InChI is InChI=1S/C25H22F3NO4/c1-31-19-9-7-15(8-10-19)24-20-14-22(33-3)21(32-2)11-16(20)12-23(30)29(24)18-6-4-5-17(13-18)25(26,27)28/h4-11,13-14,24H,12H2,1-3H3/t24-/m1/s1. The van der Waals surface area contributed by atoms with Crippen LogP contribution in [0, 0.1) is 0 Å². The number of nitrogens with zero attached hydrogens (tertiary/aromatic N) is 1. The highest BCUT2D eigenvalue weighted by Crippen LogP contribution is 2.44. The zero-order valence-electron chi connectivity index (χ0n) is 18.3. The van der Waals surface area contributed by atoms with Crippen molar-refractivity contribution in [1.29, 1.82) is 0 Å². The van der Waals surface area contributed by atoms with Crippen molar-refractivity contribution < 1.29 is 32.2 Å². The Morgan fingerprint density at radius 3 is 2.15 bits per heavy atom. The molecule has 0 aromatic heterocycles. The Bertz CT molecular complexity index is 1180. The minimum Gasteiger partial charge on any atom is -0.497 e. The molecule has 1 amide bonds. The van der Waals surface area contributed by atoms with Gasteiger partial charge < -0.3 is 19.1 Å². The van der Waals surface area contributed by atoms with E-state index in [1.165, 1.54) is 31.3 Å². The van der Waals surface area contributed by atoms with Crippen LogP contribution in [0.5, 0.6) is 17.2 Å². The van der Waals surface area contributed by atoms with E-state index >= 15 is 0 Å². The second-order valence-electron chi connectivity index (χ2n) is 7.57. The summed E-state index contributed by atoms with van der Waals surface area (Å²) in [4.78, 5) is 14.7. The highest BCUT2D eigenvalue weighted by atomic mass is 19.4. The molecule has 0 fully saturated rings. The van der Waals surface area contributed by atoms with Gasteiger partial charge in [0.15, 0.2) is 11.5 Å². The summed E-state index contributed by atoms with van der Waals surface area (Å²) in [5, 5.41) is 0. The Balaban J connectivity index is 1.93. The van der Waals surface area contributed by atoms with Crippen molar-refractivity contribution in [3.05, 3.63) is 82.9 Å². The second-order valence-corrected chi connectivity index (χ2v) is 7.57. The number of amides is 1. The van der Waals surface area contributed by atoms with Crippen molar-refractivity contribution in [2.75, 3.05) is 26.2 Å². The molecule has 0 unspecified atom stereocenters. The number of hydrogen-bond donors (Lipinski definition) is 0. The van der Waals surface area contributed by atoms with Gasteiger partial charge in [0.2, 0.25) is 5.91 Å². The molecule has 1 aliphatic rings. The molecule has 0 bridgehead atoms. The topological polar surface area (TPSA) is 48.0 Å². The highest BCUT2D eigenvalue weighted by Gasteiger charge is 2.37. The van der Waals surface area contributed by atoms with Crippen LogP contribution in [-0.4, -0.2) is 27.2 Å². The van der Waals surface area contributed by atoms with Gasteiger partial charge in [0.1, 0.15) is 5.75 Å². The second kappa shape index (κ2) is 8.69. The summed E-state index contributed by atoms with van der Waals surface area (Å²) in [5.41, 5.74) is 1.53. The fraction of sp³-hybridized carbons (Fsp3) is 0.240. The number of rotatable bonds is 5. The highest BCUT2D eigenvalue weighted by molar-refractivity contribution is 5.98. The van der Waals surface area contributed by atoms with Crippen molar-refractivity contribution in [2.45, 2.75) is 18.6 Å². The molecular weight excluding hydrogens is 435 g/mol. The lowest BCUT2D eigenvalue weighted by molar-refractivity contribution is -0.137. The molecular formula is C25H22F3NO4. The summed E-state index contributed by atoms with van der Waals surface area (Å²) in [6.07, 6.45) is -4.52. The Labute approximate surface area is 189 Å². The molecule has 1 atom stereocenters. The molecule has 4 rings (SSSR count). The third-order valence-electron chi connectivity index (χ3n) is 5.69. The molecule has 33 heavy (non-hydrogen) atoms. The number of hydrogen-bond acceptors (Lipinski definition) is 4. The number of halogens is 3. The molecule has 0 saturated heterocycles. The normalized spacial score (nSPS) is 15.8. The molecule has 0 radical (unpaired) electrons. The fourth-order valence-electron chi connectivity index (χ4n) is 4.12. The average molecular weight is 457 g/mol. The van der Waals surface area contributed by atoms with Crippen molar-refractivity contribution in [1.82, 2.24) is 0 Å². The number of ether oxygens (including phenoxy) is 3. The maximum Gasteiger partial charge on any atom is 0.416 e. The molecule has 0 aliphatic carbocycles. The molecule has 8 heteroatoms. The van der Waals surface area contributed by atoms with Gasteiger partial charge in [0.25, 0.3) is 0 Å². The Kier molecular flexibility index (Phi) is 5.93. The number of alkyl halides is 3. The zero-order chi connectivity index (χ0) is 23.8. The summed E-state index contributed by atoms with van der Waals surface area (Å²) in [6.45, 7) is 0. The first-order chi connectivity index (χ1) is 15.8. The molecule has 1 aliphatic heterocycles. The van der Waals surface area contributed by atoms with Crippen LogP contribution in [0.25, 0.3) is 0 Å². The van der Waals surface area contributed by atoms with Crippen molar-refractivity contribution in [3.63, 3.8) is 0 Å². The molecule has 0 N–H and O–H groups in total. The van der Waals surface area contributed by atoms with Crippen LogP contribution in [0.3, 0.4) is 0 Å². The minimum atomic E-state index is -4.53. The van der Waals surface area contributed by atoms with E-state index in [2.05, 4.69) is 0 Å². The maximum atomic E-state index is 13.4. The SMILES string of the molecule is COc1ccc([C@@H]2c3cc(OC)c(OC)cc3CC(=O)N2c2cccc(C(F)(F)F)c2)cc1. The largest absolute Gasteiger partial charge is 0.497 e. The predicted molar refractivity (Wildman–Crippen MR) is 117 cm³/mol. The van der Waals surface area contributed by atoms with Crippen molar-refractivity contribution in [3.8, 4) is 17.2 Å². The van der Waals surface area contributed by atoms with Gasteiger partial charge in [-0.1, -0.05) is 18.2 Å². The van der Waals surface area contributed by atoms with E-state index < -0.39 is 17.8 Å². The van der Waals surface area contributed by atoms with Crippen molar-refractivity contribution >= 4 is 11.6 Å². The van der Waals surface area contributed by atoms with E-state index in [9.17, 15) is 18.0 Å². The lowest BCUT2D eigenvalue weighted by Gasteiger charge is -2.38. The molecule has 0 saturated carbocycles. The summed E-state index contributed by atoms with van der Waals surface area (Å²) in [6, 6.07) is 14.7. The van der Waals surface area contributed by atoms with Gasteiger partial charge in [0, 0.05) is 5.69 Å². The smallest absolute Gasteiger partial charge is 0.416 e. The molecule has 5 nitrogen and oxygen atoms in total. The fourth-order valence-corrected chi connectivity index (χ4v) is 4.12. The van der Waals surface area contributed by atoms with Crippen LogP contribution in [0.1, 0.15) is 28.3 Å². The van der Waals surface area contributed by atoms with E-state index in [1.807, 2.05) is 0 Å². The van der Waals surface area contributed by atoms with E-state index in [4.69, 9.17) is 14.2 Å². The van der Waals surface area contributed by atoms with Gasteiger partial charge in [-0.2, -0.15) is 13.2 Å². The first-order valence-electron chi connectivity index (χ1n) is 10.1. The summed E-state index contributed by atoms with van der Waals surface area (Å²) >= 11 is 0. The predicted octanol–water partition coefficient (Wildman–Crippen LogP) is 5.41.